The maximum Gasteiger partial charge on any atom is 0.246 e. The fourth-order valence-electron chi connectivity index (χ4n) is 2.49. The van der Waals surface area contributed by atoms with E-state index >= 15 is 0 Å². The van der Waals surface area contributed by atoms with Gasteiger partial charge >= 0.3 is 0 Å². The largest absolute Gasteiger partial charge is 0.324 e. The lowest BCUT2D eigenvalue weighted by Gasteiger charge is -2.11. The molecule has 0 aromatic heterocycles. The maximum atomic E-state index is 13.1. The molecule has 2 N–H and O–H groups in total. The summed E-state index contributed by atoms with van der Waals surface area (Å²) in [4.78, 5) is 12.0. The molecule has 1 heterocycles. The molecule has 1 amide bonds. The molecule has 0 fully saturated rings. The SMILES string of the molecule is O=C1Nc2cc(Br)ccc2C1NCCc1cccc(F)c1. The monoisotopic (exact) mass is 348 g/mol. The Kier molecular flexibility index (Phi) is 4.03. The molecule has 1 atom stereocenters. The minimum absolute atomic E-state index is 0.0534. The van der Waals surface area contributed by atoms with E-state index in [-0.39, 0.29) is 17.8 Å². The number of fused-ring (bicyclic) bond motifs is 1. The maximum absolute atomic E-state index is 13.1. The van der Waals surface area contributed by atoms with E-state index < -0.39 is 0 Å². The average molecular weight is 349 g/mol. The highest BCUT2D eigenvalue weighted by molar-refractivity contribution is 9.10. The van der Waals surface area contributed by atoms with E-state index in [4.69, 9.17) is 0 Å². The summed E-state index contributed by atoms with van der Waals surface area (Å²) in [7, 11) is 0. The van der Waals surface area contributed by atoms with Crippen molar-refractivity contribution in [3.8, 4) is 0 Å². The van der Waals surface area contributed by atoms with Crippen molar-refractivity contribution in [1.29, 1.82) is 0 Å². The second-order valence-electron chi connectivity index (χ2n) is 4.99. The second-order valence-corrected chi connectivity index (χ2v) is 5.90. The Balaban J connectivity index is 1.65. The number of hydrogen-bond acceptors (Lipinski definition) is 2. The van der Waals surface area contributed by atoms with E-state index in [1.165, 1.54) is 12.1 Å². The lowest BCUT2D eigenvalue weighted by molar-refractivity contribution is -0.117. The van der Waals surface area contributed by atoms with Gasteiger partial charge in [0.1, 0.15) is 11.9 Å². The summed E-state index contributed by atoms with van der Waals surface area (Å²) < 4.78 is 14.0. The number of rotatable bonds is 4. The van der Waals surface area contributed by atoms with Gasteiger partial charge in [0.25, 0.3) is 0 Å². The molecule has 2 aromatic rings. The molecule has 108 valence electrons. The smallest absolute Gasteiger partial charge is 0.246 e. The number of carbonyl (C=O) groups is 1. The second kappa shape index (κ2) is 5.95. The van der Waals surface area contributed by atoms with E-state index in [1.54, 1.807) is 6.07 Å². The molecule has 1 aliphatic heterocycles. The number of amides is 1. The molecule has 2 aromatic carbocycles. The minimum atomic E-state index is -0.346. The zero-order chi connectivity index (χ0) is 14.8. The molecule has 3 rings (SSSR count). The van der Waals surface area contributed by atoms with Crippen LogP contribution in [0, 0.1) is 5.82 Å². The summed E-state index contributed by atoms with van der Waals surface area (Å²) in [5.41, 5.74) is 2.69. The van der Waals surface area contributed by atoms with Crippen molar-refractivity contribution < 1.29 is 9.18 Å². The Hall–Kier alpha value is -1.72. The Morgan fingerprint density at radius 2 is 2.10 bits per heavy atom. The zero-order valence-electron chi connectivity index (χ0n) is 11.2. The summed E-state index contributed by atoms with van der Waals surface area (Å²) in [5.74, 6) is -0.288. The lowest BCUT2D eigenvalue weighted by atomic mass is 10.1. The van der Waals surface area contributed by atoms with Crippen LogP contribution in [0.15, 0.2) is 46.9 Å². The molecule has 0 saturated carbocycles. The quantitative estimate of drug-likeness (QED) is 0.888. The van der Waals surface area contributed by atoms with Gasteiger partial charge in [-0.05, 0) is 36.2 Å². The van der Waals surface area contributed by atoms with Crippen LogP contribution < -0.4 is 10.6 Å². The van der Waals surface area contributed by atoms with Gasteiger partial charge in [0.2, 0.25) is 5.91 Å². The highest BCUT2D eigenvalue weighted by Gasteiger charge is 2.29. The number of carbonyl (C=O) groups excluding carboxylic acids is 1. The third-order valence-electron chi connectivity index (χ3n) is 3.50. The van der Waals surface area contributed by atoms with E-state index in [0.29, 0.717) is 13.0 Å². The van der Waals surface area contributed by atoms with Gasteiger partial charge in [-0.3, -0.25) is 4.79 Å². The van der Waals surface area contributed by atoms with Crippen molar-refractivity contribution in [2.45, 2.75) is 12.5 Å². The Morgan fingerprint density at radius 3 is 2.90 bits per heavy atom. The van der Waals surface area contributed by atoms with Gasteiger partial charge in [0, 0.05) is 22.3 Å². The molecule has 0 aliphatic carbocycles. The fourth-order valence-corrected chi connectivity index (χ4v) is 2.85. The van der Waals surface area contributed by atoms with Crippen LogP contribution in [-0.4, -0.2) is 12.5 Å². The molecular formula is C16H14BrFN2O. The molecule has 21 heavy (non-hydrogen) atoms. The first-order chi connectivity index (χ1) is 10.1. The van der Waals surface area contributed by atoms with E-state index in [2.05, 4.69) is 26.6 Å². The van der Waals surface area contributed by atoms with Crippen molar-refractivity contribution in [2.24, 2.45) is 0 Å². The van der Waals surface area contributed by atoms with Crippen molar-refractivity contribution in [2.75, 3.05) is 11.9 Å². The Bertz CT molecular complexity index is 690. The number of benzene rings is 2. The van der Waals surface area contributed by atoms with Gasteiger partial charge in [-0.1, -0.05) is 34.1 Å². The standard InChI is InChI=1S/C16H14BrFN2O/c17-11-4-5-13-14(9-11)20-16(21)15(13)19-7-6-10-2-1-3-12(18)8-10/h1-5,8-9,15,19H,6-7H2,(H,20,21). The van der Waals surface area contributed by atoms with Crippen molar-refractivity contribution in [3.63, 3.8) is 0 Å². The number of halogens is 2. The van der Waals surface area contributed by atoms with Gasteiger partial charge in [-0.15, -0.1) is 0 Å². The summed E-state index contributed by atoms with van der Waals surface area (Å²) >= 11 is 3.39. The third kappa shape index (κ3) is 3.14. The summed E-state index contributed by atoms with van der Waals surface area (Å²) in [6, 6.07) is 11.9. The molecule has 0 spiro atoms. The van der Waals surface area contributed by atoms with Gasteiger partial charge in [0.05, 0.1) is 0 Å². The van der Waals surface area contributed by atoms with Gasteiger partial charge in [0.15, 0.2) is 0 Å². The first-order valence-corrected chi connectivity index (χ1v) is 7.51. The Morgan fingerprint density at radius 1 is 1.24 bits per heavy atom. The summed E-state index contributed by atoms with van der Waals surface area (Å²) in [6.45, 7) is 0.608. The zero-order valence-corrected chi connectivity index (χ0v) is 12.8. The van der Waals surface area contributed by atoms with Crippen molar-refractivity contribution in [3.05, 3.63) is 63.9 Å². The lowest BCUT2D eigenvalue weighted by Crippen LogP contribution is -2.29. The minimum Gasteiger partial charge on any atom is -0.324 e. The average Bonchev–Trinajstić information content (AvgIpc) is 2.74. The number of nitrogens with one attached hydrogen (secondary N) is 2. The van der Waals surface area contributed by atoms with Crippen LogP contribution in [0.5, 0.6) is 0 Å². The van der Waals surface area contributed by atoms with Crippen molar-refractivity contribution in [1.82, 2.24) is 5.32 Å². The molecule has 0 saturated heterocycles. The third-order valence-corrected chi connectivity index (χ3v) is 3.99. The highest BCUT2D eigenvalue weighted by atomic mass is 79.9. The normalized spacial score (nSPS) is 16.7. The molecule has 5 heteroatoms. The number of hydrogen-bond donors (Lipinski definition) is 2. The van der Waals surface area contributed by atoms with Crippen LogP contribution >= 0.6 is 15.9 Å². The summed E-state index contributed by atoms with van der Waals surface area (Å²) in [6.07, 6.45) is 0.674. The van der Waals surface area contributed by atoms with Crippen LogP contribution in [0.3, 0.4) is 0 Å². The first-order valence-electron chi connectivity index (χ1n) is 6.71. The predicted molar refractivity (Wildman–Crippen MR) is 83.6 cm³/mol. The van der Waals surface area contributed by atoms with Crippen LogP contribution in [0.2, 0.25) is 0 Å². The molecular weight excluding hydrogens is 335 g/mol. The van der Waals surface area contributed by atoms with Gasteiger partial charge in [-0.2, -0.15) is 0 Å². The fraction of sp³-hybridized carbons (Fsp3) is 0.188. The number of anilines is 1. The summed E-state index contributed by atoms with van der Waals surface area (Å²) in [5, 5.41) is 6.08. The van der Waals surface area contributed by atoms with Crippen molar-refractivity contribution >= 4 is 27.5 Å². The highest BCUT2D eigenvalue weighted by Crippen LogP contribution is 2.32. The molecule has 0 radical (unpaired) electrons. The Labute approximate surface area is 130 Å². The predicted octanol–water partition coefficient (Wildman–Crippen LogP) is 3.41. The van der Waals surface area contributed by atoms with Crippen LogP contribution in [0.1, 0.15) is 17.2 Å². The molecule has 3 nitrogen and oxygen atoms in total. The van der Waals surface area contributed by atoms with Crippen LogP contribution in [0.4, 0.5) is 10.1 Å². The van der Waals surface area contributed by atoms with E-state index in [9.17, 15) is 9.18 Å². The molecule has 1 unspecified atom stereocenters. The molecule has 0 bridgehead atoms. The topological polar surface area (TPSA) is 41.1 Å². The van der Waals surface area contributed by atoms with Crippen LogP contribution in [0.25, 0.3) is 0 Å². The first kappa shape index (κ1) is 14.2. The van der Waals surface area contributed by atoms with E-state index in [0.717, 1.165) is 21.3 Å². The van der Waals surface area contributed by atoms with E-state index in [1.807, 2.05) is 24.3 Å². The van der Waals surface area contributed by atoms with Gasteiger partial charge < -0.3 is 10.6 Å². The molecule has 1 aliphatic rings. The van der Waals surface area contributed by atoms with Gasteiger partial charge in [-0.25, -0.2) is 4.39 Å². The van der Waals surface area contributed by atoms with Crippen LogP contribution in [-0.2, 0) is 11.2 Å².